The average Bonchev–Trinajstić information content (AvgIpc) is 2.76. The van der Waals surface area contributed by atoms with E-state index in [1.165, 1.54) is 4.31 Å². The summed E-state index contributed by atoms with van der Waals surface area (Å²) in [5, 5.41) is 18.1. The summed E-state index contributed by atoms with van der Waals surface area (Å²) in [5.41, 5.74) is 2.75. The highest BCUT2D eigenvalue weighted by atomic mass is 32.2. The summed E-state index contributed by atoms with van der Waals surface area (Å²) in [6.07, 6.45) is -0.0417. The van der Waals surface area contributed by atoms with Crippen LogP contribution in [0.15, 0.2) is 30.3 Å². The molecule has 3 rings (SSSR count). The average molecular weight is 460 g/mol. The molecule has 0 saturated carbocycles. The van der Waals surface area contributed by atoms with Crippen molar-refractivity contribution in [1.29, 1.82) is 5.26 Å². The molecule has 2 aromatic rings. The number of benzene rings is 1. The molecule has 32 heavy (non-hydrogen) atoms. The summed E-state index contributed by atoms with van der Waals surface area (Å²) in [4.78, 5) is 15.2. The first kappa shape index (κ1) is 23.5. The second-order valence-electron chi connectivity index (χ2n) is 7.70. The molecule has 2 heterocycles. The number of ether oxygens (including phenoxy) is 2. The van der Waals surface area contributed by atoms with E-state index in [0.29, 0.717) is 23.6 Å². The number of nitriles is 1. The van der Waals surface area contributed by atoms with Crippen molar-refractivity contribution in [2.24, 2.45) is 0 Å². The van der Waals surface area contributed by atoms with Crippen molar-refractivity contribution < 1.29 is 27.8 Å². The first-order valence-corrected chi connectivity index (χ1v) is 11.8. The quantitative estimate of drug-likeness (QED) is 0.605. The summed E-state index contributed by atoms with van der Waals surface area (Å²) in [5.74, 6) is -0.621. The number of hydrogen-bond donors (Lipinski definition) is 1. The molecule has 9 nitrogen and oxygen atoms in total. The Balaban J connectivity index is 1.64. The van der Waals surface area contributed by atoms with Crippen LogP contribution in [0.3, 0.4) is 0 Å². The molecule has 0 fully saturated rings. The first-order valence-electron chi connectivity index (χ1n) is 10.2. The van der Waals surface area contributed by atoms with E-state index in [4.69, 9.17) is 14.6 Å². The standard InChI is InChI=1S/C22H25N3O6S/c1-15(2)31-20-5-3-16(11-18(20)12-23)14-30-21-6-4-17-13-25(9-7-19(17)24-21)32(28,29)10-8-22(26)27/h3-6,11,15H,7-10,13-14H2,1-2H3,(H,26,27). The van der Waals surface area contributed by atoms with Crippen molar-refractivity contribution in [3.63, 3.8) is 0 Å². The molecule has 1 aliphatic heterocycles. The molecule has 0 aliphatic carbocycles. The molecule has 1 aliphatic rings. The van der Waals surface area contributed by atoms with Crippen molar-refractivity contribution in [3.05, 3.63) is 52.7 Å². The maximum atomic E-state index is 12.3. The van der Waals surface area contributed by atoms with Gasteiger partial charge in [-0.2, -0.15) is 9.57 Å². The van der Waals surface area contributed by atoms with Gasteiger partial charge in [-0.05, 0) is 37.1 Å². The Morgan fingerprint density at radius 3 is 2.78 bits per heavy atom. The van der Waals surface area contributed by atoms with Crippen molar-refractivity contribution >= 4 is 16.0 Å². The van der Waals surface area contributed by atoms with Crippen molar-refractivity contribution in [3.8, 4) is 17.7 Å². The number of nitrogens with zero attached hydrogens (tertiary/aromatic N) is 3. The van der Waals surface area contributed by atoms with Crippen LogP contribution >= 0.6 is 0 Å². The van der Waals surface area contributed by atoms with Gasteiger partial charge in [0.2, 0.25) is 15.9 Å². The number of carbonyl (C=O) groups is 1. The van der Waals surface area contributed by atoms with Crippen LogP contribution in [0.25, 0.3) is 0 Å². The van der Waals surface area contributed by atoms with Crippen LogP contribution in [0.2, 0.25) is 0 Å². The van der Waals surface area contributed by atoms with E-state index in [9.17, 15) is 18.5 Å². The fraction of sp³-hybridized carbons (Fsp3) is 0.409. The van der Waals surface area contributed by atoms with Gasteiger partial charge in [0, 0.05) is 25.6 Å². The smallest absolute Gasteiger partial charge is 0.304 e. The molecular weight excluding hydrogens is 434 g/mol. The highest BCUT2D eigenvalue weighted by Gasteiger charge is 2.28. The Labute approximate surface area is 187 Å². The number of carboxylic acid groups (broad SMARTS) is 1. The van der Waals surface area contributed by atoms with E-state index in [1.54, 1.807) is 24.3 Å². The Hall–Kier alpha value is -3.16. The van der Waals surface area contributed by atoms with Gasteiger partial charge in [-0.1, -0.05) is 12.1 Å². The number of carboxylic acids is 1. The maximum Gasteiger partial charge on any atom is 0.304 e. The van der Waals surface area contributed by atoms with E-state index in [0.717, 1.165) is 16.8 Å². The monoisotopic (exact) mass is 459 g/mol. The Kier molecular flexibility index (Phi) is 7.33. The largest absolute Gasteiger partial charge is 0.490 e. The number of pyridine rings is 1. The lowest BCUT2D eigenvalue weighted by Gasteiger charge is -2.27. The van der Waals surface area contributed by atoms with E-state index in [1.807, 2.05) is 19.9 Å². The molecule has 170 valence electrons. The Bertz CT molecular complexity index is 1140. The second kappa shape index (κ2) is 9.97. The molecule has 1 aromatic carbocycles. The lowest BCUT2D eigenvalue weighted by atomic mass is 10.1. The maximum absolute atomic E-state index is 12.3. The second-order valence-corrected chi connectivity index (χ2v) is 9.78. The normalized spacial score (nSPS) is 13.9. The molecule has 1 aromatic heterocycles. The van der Waals surface area contributed by atoms with Gasteiger partial charge in [-0.15, -0.1) is 0 Å². The molecule has 0 atom stereocenters. The lowest BCUT2D eigenvalue weighted by Crippen LogP contribution is -2.38. The minimum atomic E-state index is -3.64. The highest BCUT2D eigenvalue weighted by molar-refractivity contribution is 7.89. The topological polar surface area (TPSA) is 130 Å². The molecule has 0 radical (unpaired) electrons. The van der Waals surface area contributed by atoms with Gasteiger partial charge in [0.25, 0.3) is 0 Å². The zero-order valence-corrected chi connectivity index (χ0v) is 18.8. The first-order chi connectivity index (χ1) is 15.2. The predicted molar refractivity (Wildman–Crippen MR) is 116 cm³/mol. The molecule has 10 heteroatoms. The minimum Gasteiger partial charge on any atom is -0.490 e. The number of aliphatic carboxylic acids is 1. The van der Waals surface area contributed by atoms with Gasteiger partial charge in [0.15, 0.2) is 0 Å². The third kappa shape index (κ3) is 5.96. The van der Waals surface area contributed by atoms with Crippen LogP contribution in [-0.4, -0.2) is 47.2 Å². The van der Waals surface area contributed by atoms with Gasteiger partial charge in [-0.3, -0.25) is 4.79 Å². The lowest BCUT2D eigenvalue weighted by molar-refractivity contribution is -0.136. The zero-order chi connectivity index (χ0) is 23.3. The Morgan fingerprint density at radius 2 is 2.09 bits per heavy atom. The minimum absolute atomic E-state index is 0.0352. The number of aromatic nitrogens is 1. The van der Waals surface area contributed by atoms with E-state index in [2.05, 4.69) is 11.1 Å². The van der Waals surface area contributed by atoms with E-state index >= 15 is 0 Å². The molecular formula is C22H25N3O6S. The van der Waals surface area contributed by atoms with Gasteiger partial charge in [0.1, 0.15) is 18.4 Å². The van der Waals surface area contributed by atoms with Crippen LogP contribution in [0, 0.1) is 11.3 Å². The zero-order valence-electron chi connectivity index (χ0n) is 17.9. The van der Waals surface area contributed by atoms with Gasteiger partial charge in [-0.25, -0.2) is 13.4 Å². The van der Waals surface area contributed by atoms with Crippen molar-refractivity contribution in [2.45, 2.75) is 45.9 Å². The Morgan fingerprint density at radius 1 is 1.31 bits per heavy atom. The fourth-order valence-corrected chi connectivity index (χ4v) is 4.70. The number of rotatable bonds is 9. The van der Waals surface area contributed by atoms with Crippen LogP contribution in [0.5, 0.6) is 11.6 Å². The summed E-state index contributed by atoms with van der Waals surface area (Å²) in [6, 6.07) is 10.9. The molecule has 0 saturated heterocycles. The fourth-order valence-electron chi connectivity index (χ4n) is 3.30. The summed E-state index contributed by atoms with van der Waals surface area (Å²) in [7, 11) is -3.64. The molecule has 0 spiro atoms. The number of hydrogen-bond acceptors (Lipinski definition) is 7. The molecule has 0 unspecified atom stereocenters. The highest BCUT2D eigenvalue weighted by Crippen LogP contribution is 2.24. The van der Waals surface area contributed by atoms with Crippen molar-refractivity contribution in [1.82, 2.24) is 9.29 Å². The SMILES string of the molecule is CC(C)Oc1ccc(COc2ccc3c(n2)CCN(S(=O)(=O)CCC(=O)O)C3)cc1C#N. The number of sulfonamides is 1. The molecule has 1 N–H and O–H groups in total. The number of fused-ring (bicyclic) bond motifs is 1. The van der Waals surface area contributed by atoms with Gasteiger partial charge < -0.3 is 14.6 Å². The van der Waals surface area contributed by atoms with Gasteiger partial charge >= 0.3 is 5.97 Å². The van der Waals surface area contributed by atoms with Crippen LogP contribution in [0.4, 0.5) is 0 Å². The van der Waals surface area contributed by atoms with E-state index < -0.39 is 28.2 Å². The van der Waals surface area contributed by atoms with Gasteiger partial charge in [0.05, 0.1) is 29.5 Å². The molecule has 0 bridgehead atoms. The summed E-state index contributed by atoms with van der Waals surface area (Å²) in [6.45, 7) is 4.41. The van der Waals surface area contributed by atoms with Crippen LogP contribution < -0.4 is 9.47 Å². The van der Waals surface area contributed by atoms with Crippen LogP contribution in [0.1, 0.15) is 42.7 Å². The summed E-state index contributed by atoms with van der Waals surface area (Å²) >= 11 is 0. The predicted octanol–water partition coefficient (Wildman–Crippen LogP) is 2.48. The van der Waals surface area contributed by atoms with Crippen molar-refractivity contribution in [2.75, 3.05) is 12.3 Å². The third-order valence-electron chi connectivity index (χ3n) is 4.87. The van der Waals surface area contributed by atoms with E-state index in [-0.39, 0.29) is 25.8 Å². The molecule has 0 amide bonds. The van der Waals surface area contributed by atoms with Crippen LogP contribution in [-0.2, 0) is 34.4 Å². The third-order valence-corrected chi connectivity index (χ3v) is 6.69. The summed E-state index contributed by atoms with van der Waals surface area (Å²) < 4.78 is 37.4.